The summed E-state index contributed by atoms with van der Waals surface area (Å²) in [5, 5.41) is 0. The summed E-state index contributed by atoms with van der Waals surface area (Å²) in [4.78, 5) is 30.5. The minimum Gasteiger partial charge on any atom is -0.461 e. The molecule has 2 aliphatic carbocycles. The van der Waals surface area contributed by atoms with Crippen LogP contribution in [0.4, 0.5) is 0 Å². The van der Waals surface area contributed by atoms with Crippen LogP contribution >= 0.6 is 0 Å². The molecule has 0 bridgehead atoms. The number of carbonyl (C=O) groups is 2. The molecular formula is C16H17N3O3. The molecule has 6 nitrogen and oxygen atoms in total. The number of likely N-dealkylation sites (N-methyl/N-ethyl adjacent to an activating group) is 1. The molecule has 1 aliphatic heterocycles. The standard InChI is InChI=1S/C16H17N3O3/c1-3-22-16(21)14-13-7-18(2)15(20)11-5-9-4-10(9)6-12(11)19(13)8-17-14/h5-6,8-10H,3-4,7H2,1-2H3. The van der Waals surface area contributed by atoms with Crippen molar-refractivity contribution in [1.82, 2.24) is 14.5 Å². The van der Waals surface area contributed by atoms with Crippen LogP contribution in [0.5, 0.6) is 0 Å². The van der Waals surface area contributed by atoms with Crippen molar-refractivity contribution in [2.45, 2.75) is 19.9 Å². The van der Waals surface area contributed by atoms with Crippen LogP contribution in [0.15, 0.2) is 24.1 Å². The number of esters is 1. The number of imidazole rings is 1. The van der Waals surface area contributed by atoms with Crippen LogP contribution in [0, 0.1) is 11.8 Å². The SMILES string of the molecule is CCOC(=O)c1ncn2c1CN(C)C(=O)C1=CC3CC3C=C12. The number of nitrogens with zero attached hydrogens (tertiary/aromatic N) is 3. The topological polar surface area (TPSA) is 64.4 Å². The molecule has 1 saturated carbocycles. The first kappa shape index (κ1) is 13.3. The molecule has 0 spiro atoms. The maximum absolute atomic E-state index is 12.6. The number of ether oxygens (including phenoxy) is 1. The normalized spacial score (nSPS) is 25.4. The Kier molecular flexibility index (Phi) is 2.76. The van der Waals surface area contributed by atoms with Crippen LogP contribution in [-0.2, 0) is 16.1 Å². The second-order valence-corrected chi connectivity index (χ2v) is 5.99. The maximum Gasteiger partial charge on any atom is 0.358 e. The monoisotopic (exact) mass is 299 g/mol. The molecule has 2 atom stereocenters. The van der Waals surface area contributed by atoms with Gasteiger partial charge in [0.15, 0.2) is 5.69 Å². The molecule has 1 aromatic heterocycles. The Morgan fingerprint density at radius 1 is 1.41 bits per heavy atom. The summed E-state index contributed by atoms with van der Waals surface area (Å²) in [6.07, 6.45) is 6.92. The lowest BCUT2D eigenvalue weighted by molar-refractivity contribution is -0.125. The van der Waals surface area contributed by atoms with Crippen molar-refractivity contribution in [3.05, 3.63) is 35.4 Å². The first-order chi connectivity index (χ1) is 10.6. The summed E-state index contributed by atoms with van der Waals surface area (Å²) in [6, 6.07) is 0. The zero-order chi connectivity index (χ0) is 15.4. The zero-order valence-electron chi connectivity index (χ0n) is 12.6. The molecule has 114 valence electrons. The Balaban J connectivity index is 1.85. The molecule has 2 heterocycles. The molecule has 0 saturated heterocycles. The van der Waals surface area contributed by atoms with Gasteiger partial charge >= 0.3 is 5.97 Å². The molecule has 1 amide bonds. The van der Waals surface area contributed by atoms with Gasteiger partial charge in [0.1, 0.15) is 6.33 Å². The quantitative estimate of drug-likeness (QED) is 0.775. The van der Waals surface area contributed by atoms with Gasteiger partial charge in [-0.15, -0.1) is 0 Å². The highest BCUT2D eigenvalue weighted by Gasteiger charge is 2.41. The molecule has 0 aromatic carbocycles. The third-order valence-electron chi connectivity index (χ3n) is 4.48. The number of aromatic nitrogens is 2. The van der Waals surface area contributed by atoms with Crippen LogP contribution in [-0.4, -0.2) is 40.0 Å². The summed E-state index contributed by atoms with van der Waals surface area (Å²) in [7, 11) is 1.75. The van der Waals surface area contributed by atoms with Gasteiger partial charge in [0.25, 0.3) is 5.91 Å². The predicted molar refractivity (Wildman–Crippen MR) is 78.6 cm³/mol. The minimum absolute atomic E-state index is 0.00453. The van der Waals surface area contributed by atoms with Gasteiger partial charge in [-0.1, -0.05) is 12.2 Å². The van der Waals surface area contributed by atoms with Crippen molar-refractivity contribution in [2.75, 3.05) is 13.7 Å². The van der Waals surface area contributed by atoms with Gasteiger partial charge in [0.2, 0.25) is 0 Å². The maximum atomic E-state index is 12.6. The van der Waals surface area contributed by atoms with Gasteiger partial charge in [-0.25, -0.2) is 9.78 Å². The molecule has 0 radical (unpaired) electrons. The molecular weight excluding hydrogens is 282 g/mol. The second-order valence-electron chi connectivity index (χ2n) is 5.99. The predicted octanol–water partition coefficient (Wildman–Crippen LogP) is 1.45. The second kappa shape index (κ2) is 4.56. The average Bonchev–Trinajstić information content (AvgIpc) is 3.16. The number of allylic oxidation sites excluding steroid dienone is 2. The lowest BCUT2D eigenvalue weighted by Gasteiger charge is -2.16. The first-order valence-electron chi connectivity index (χ1n) is 7.53. The van der Waals surface area contributed by atoms with E-state index in [1.807, 2.05) is 4.57 Å². The highest BCUT2D eigenvalue weighted by atomic mass is 16.5. The first-order valence-corrected chi connectivity index (χ1v) is 7.53. The molecule has 4 rings (SSSR count). The fourth-order valence-corrected chi connectivity index (χ4v) is 3.21. The van der Waals surface area contributed by atoms with Gasteiger partial charge in [-0.3, -0.25) is 4.79 Å². The summed E-state index contributed by atoms with van der Waals surface area (Å²) in [5.74, 6) is 0.558. The van der Waals surface area contributed by atoms with Crippen molar-refractivity contribution in [3.8, 4) is 0 Å². The van der Waals surface area contributed by atoms with E-state index >= 15 is 0 Å². The van der Waals surface area contributed by atoms with Crippen molar-refractivity contribution >= 4 is 17.6 Å². The Hall–Kier alpha value is -2.37. The van der Waals surface area contributed by atoms with Crippen LogP contribution in [0.3, 0.4) is 0 Å². The Labute approximate surface area is 128 Å². The molecule has 2 unspecified atom stereocenters. The molecule has 0 N–H and O–H groups in total. The van der Waals surface area contributed by atoms with E-state index in [2.05, 4.69) is 17.1 Å². The zero-order valence-corrected chi connectivity index (χ0v) is 12.6. The summed E-state index contributed by atoms with van der Waals surface area (Å²) >= 11 is 0. The van der Waals surface area contributed by atoms with Crippen LogP contribution in [0.25, 0.3) is 5.70 Å². The highest BCUT2D eigenvalue weighted by Crippen LogP contribution is 2.48. The number of hydrogen-bond acceptors (Lipinski definition) is 4. The smallest absolute Gasteiger partial charge is 0.358 e. The summed E-state index contributed by atoms with van der Waals surface area (Å²) in [5.41, 5.74) is 2.57. The van der Waals surface area contributed by atoms with Crippen LogP contribution in [0.1, 0.15) is 29.5 Å². The third-order valence-corrected chi connectivity index (χ3v) is 4.48. The Morgan fingerprint density at radius 2 is 2.18 bits per heavy atom. The Morgan fingerprint density at radius 3 is 2.95 bits per heavy atom. The number of hydrogen-bond donors (Lipinski definition) is 0. The van der Waals surface area contributed by atoms with Crippen LogP contribution in [0.2, 0.25) is 0 Å². The lowest BCUT2D eigenvalue weighted by Crippen LogP contribution is -2.27. The van der Waals surface area contributed by atoms with E-state index in [9.17, 15) is 9.59 Å². The number of rotatable bonds is 2. The largest absolute Gasteiger partial charge is 0.461 e. The minimum atomic E-state index is -0.440. The van der Waals surface area contributed by atoms with Crippen molar-refractivity contribution < 1.29 is 14.3 Å². The lowest BCUT2D eigenvalue weighted by atomic mass is 10.0. The fourth-order valence-electron chi connectivity index (χ4n) is 3.21. The van der Waals surface area contributed by atoms with Gasteiger partial charge in [0.05, 0.1) is 30.1 Å². The Bertz CT molecular complexity index is 744. The van der Waals surface area contributed by atoms with E-state index in [0.29, 0.717) is 41.9 Å². The molecule has 1 fully saturated rings. The van der Waals surface area contributed by atoms with E-state index in [-0.39, 0.29) is 5.91 Å². The van der Waals surface area contributed by atoms with E-state index in [0.717, 1.165) is 12.1 Å². The van der Waals surface area contributed by atoms with Crippen LogP contribution < -0.4 is 0 Å². The number of fused-ring (bicyclic) bond motifs is 4. The number of carbonyl (C=O) groups excluding carboxylic acids is 2. The molecule has 3 aliphatic rings. The third kappa shape index (κ3) is 1.83. The highest BCUT2D eigenvalue weighted by molar-refractivity contribution is 6.07. The van der Waals surface area contributed by atoms with Crippen molar-refractivity contribution in [3.63, 3.8) is 0 Å². The van der Waals surface area contributed by atoms with E-state index in [4.69, 9.17) is 4.74 Å². The van der Waals surface area contributed by atoms with Gasteiger partial charge in [0, 0.05) is 7.05 Å². The number of amides is 1. The van der Waals surface area contributed by atoms with Crippen molar-refractivity contribution in [1.29, 1.82) is 0 Å². The fraction of sp³-hybridized carbons (Fsp3) is 0.438. The molecule has 22 heavy (non-hydrogen) atoms. The molecule has 6 heteroatoms. The van der Waals surface area contributed by atoms with E-state index in [1.54, 1.807) is 25.2 Å². The van der Waals surface area contributed by atoms with Gasteiger partial charge in [-0.2, -0.15) is 0 Å². The van der Waals surface area contributed by atoms with E-state index in [1.165, 1.54) is 0 Å². The summed E-state index contributed by atoms with van der Waals surface area (Å²) in [6.45, 7) is 2.41. The van der Waals surface area contributed by atoms with Crippen molar-refractivity contribution in [2.24, 2.45) is 11.8 Å². The molecule has 1 aromatic rings. The van der Waals surface area contributed by atoms with Gasteiger partial charge < -0.3 is 14.2 Å². The van der Waals surface area contributed by atoms with Gasteiger partial charge in [-0.05, 0) is 25.2 Å². The van der Waals surface area contributed by atoms with E-state index < -0.39 is 5.97 Å². The summed E-state index contributed by atoms with van der Waals surface area (Å²) < 4.78 is 6.94. The average molecular weight is 299 g/mol.